The van der Waals surface area contributed by atoms with Crippen molar-refractivity contribution in [1.29, 1.82) is 5.26 Å². The molecule has 3 rings (SSSR count). The highest BCUT2D eigenvalue weighted by atomic mass is 32.1. The van der Waals surface area contributed by atoms with Gasteiger partial charge in [-0.3, -0.25) is 0 Å². The van der Waals surface area contributed by atoms with Gasteiger partial charge in [0.2, 0.25) is 4.96 Å². The maximum Gasteiger partial charge on any atom is 0.214 e. The van der Waals surface area contributed by atoms with Crippen LogP contribution in [0.3, 0.4) is 0 Å². The van der Waals surface area contributed by atoms with Gasteiger partial charge in [0.1, 0.15) is 16.8 Å². The van der Waals surface area contributed by atoms with E-state index in [0.29, 0.717) is 11.6 Å². The lowest BCUT2D eigenvalue weighted by atomic mass is 10.1. The van der Waals surface area contributed by atoms with E-state index >= 15 is 0 Å². The van der Waals surface area contributed by atoms with Gasteiger partial charge >= 0.3 is 0 Å². The Morgan fingerprint density at radius 3 is 2.61 bits per heavy atom. The van der Waals surface area contributed by atoms with Crippen LogP contribution in [0.1, 0.15) is 43.5 Å². The van der Waals surface area contributed by atoms with Gasteiger partial charge in [0, 0.05) is 12.0 Å². The van der Waals surface area contributed by atoms with E-state index in [0.717, 1.165) is 40.5 Å². The highest BCUT2D eigenvalue weighted by Gasteiger charge is 2.18. The fourth-order valence-corrected chi connectivity index (χ4v) is 3.74. The predicted molar refractivity (Wildman–Crippen MR) is 93.6 cm³/mol. The third kappa shape index (κ3) is 3.13. The fraction of sp³-hybridized carbons (Fsp3) is 0.389. The van der Waals surface area contributed by atoms with Gasteiger partial charge in [0.15, 0.2) is 5.69 Å². The molecule has 0 unspecified atom stereocenters. The van der Waals surface area contributed by atoms with Crippen LogP contribution in [0.4, 0.5) is 0 Å². The van der Waals surface area contributed by atoms with Crippen LogP contribution in [0, 0.1) is 17.2 Å². The van der Waals surface area contributed by atoms with Gasteiger partial charge < -0.3 is 0 Å². The molecule has 0 aliphatic heterocycles. The van der Waals surface area contributed by atoms with E-state index in [2.05, 4.69) is 49.1 Å². The lowest BCUT2D eigenvalue weighted by Crippen LogP contribution is -1.96. The SMILES string of the molecule is CCCc1ccc(-c2nc3sc(CC(C)C)nn3c2C#N)cc1. The summed E-state index contributed by atoms with van der Waals surface area (Å²) >= 11 is 1.57. The second kappa shape index (κ2) is 6.51. The number of hydrogen-bond acceptors (Lipinski definition) is 4. The van der Waals surface area contributed by atoms with Gasteiger partial charge in [-0.2, -0.15) is 14.9 Å². The van der Waals surface area contributed by atoms with Crippen molar-refractivity contribution in [2.75, 3.05) is 0 Å². The average molecular weight is 324 g/mol. The van der Waals surface area contributed by atoms with Crippen LogP contribution in [-0.4, -0.2) is 14.6 Å². The first kappa shape index (κ1) is 15.7. The highest BCUT2D eigenvalue weighted by molar-refractivity contribution is 7.16. The quantitative estimate of drug-likeness (QED) is 0.695. The molecule has 3 aromatic rings. The number of nitriles is 1. The summed E-state index contributed by atoms with van der Waals surface area (Å²) < 4.78 is 1.69. The Morgan fingerprint density at radius 2 is 2.00 bits per heavy atom. The lowest BCUT2D eigenvalue weighted by Gasteiger charge is -2.01. The number of imidazole rings is 1. The smallest absolute Gasteiger partial charge is 0.214 e. The molecule has 0 N–H and O–H groups in total. The molecule has 0 aliphatic rings. The molecule has 0 fully saturated rings. The van der Waals surface area contributed by atoms with Crippen LogP contribution in [-0.2, 0) is 12.8 Å². The largest absolute Gasteiger partial charge is 0.216 e. The molecule has 118 valence electrons. The molecule has 0 radical (unpaired) electrons. The van der Waals surface area contributed by atoms with Crippen molar-refractivity contribution < 1.29 is 0 Å². The van der Waals surface area contributed by atoms with E-state index in [1.165, 1.54) is 5.56 Å². The zero-order valence-corrected chi connectivity index (χ0v) is 14.5. The zero-order chi connectivity index (χ0) is 16.4. The van der Waals surface area contributed by atoms with Crippen molar-refractivity contribution in [3.8, 4) is 17.3 Å². The van der Waals surface area contributed by atoms with Crippen LogP contribution in [0.15, 0.2) is 24.3 Å². The molecular formula is C18H20N4S. The second-order valence-electron chi connectivity index (χ2n) is 6.16. The van der Waals surface area contributed by atoms with Gasteiger partial charge in [0.05, 0.1) is 0 Å². The number of aryl methyl sites for hydroxylation is 1. The molecule has 2 aromatic heterocycles. The second-order valence-corrected chi connectivity index (χ2v) is 7.20. The Labute approximate surface area is 140 Å². The van der Waals surface area contributed by atoms with Crippen molar-refractivity contribution in [3.05, 3.63) is 40.5 Å². The summed E-state index contributed by atoms with van der Waals surface area (Å²) in [5.74, 6) is 0.543. The summed E-state index contributed by atoms with van der Waals surface area (Å²) in [6, 6.07) is 10.6. The van der Waals surface area contributed by atoms with Crippen molar-refractivity contribution in [1.82, 2.24) is 14.6 Å². The predicted octanol–water partition coefficient (Wildman–Crippen LogP) is 4.48. The van der Waals surface area contributed by atoms with Crippen LogP contribution in [0.5, 0.6) is 0 Å². The van der Waals surface area contributed by atoms with Gasteiger partial charge in [-0.1, -0.05) is 62.8 Å². The summed E-state index contributed by atoms with van der Waals surface area (Å²) in [6.07, 6.45) is 3.12. The van der Waals surface area contributed by atoms with Crippen molar-refractivity contribution in [2.24, 2.45) is 5.92 Å². The van der Waals surface area contributed by atoms with Crippen molar-refractivity contribution in [2.45, 2.75) is 40.0 Å². The van der Waals surface area contributed by atoms with Gasteiger partial charge in [-0.25, -0.2) is 4.98 Å². The maximum atomic E-state index is 9.55. The minimum Gasteiger partial charge on any atom is -0.216 e. The fourth-order valence-electron chi connectivity index (χ4n) is 2.64. The van der Waals surface area contributed by atoms with E-state index in [9.17, 15) is 5.26 Å². The molecule has 23 heavy (non-hydrogen) atoms. The van der Waals surface area contributed by atoms with Gasteiger partial charge in [0.25, 0.3) is 0 Å². The topological polar surface area (TPSA) is 54.0 Å². The molecular weight excluding hydrogens is 304 g/mol. The molecule has 0 aliphatic carbocycles. The molecule has 4 nitrogen and oxygen atoms in total. The molecule has 0 atom stereocenters. The van der Waals surface area contributed by atoms with E-state index in [1.54, 1.807) is 15.9 Å². The Kier molecular flexibility index (Phi) is 4.44. The van der Waals surface area contributed by atoms with Crippen LogP contribution in [0.2, 0.25) is 0 Å². The van der Waals surface area contributed by atoms with Crippen LogP contribution < -0.4 is 0 Å². The third-order valence-corrected chi connectivity index (χ3v) is 4.63. The van der Waals surface area contributed by atoms with Crippen LogP contribution >= 0.6 is 11.3 Å². The Balaban J connectivity index is 2.00. The summed E-state index contributed by atoms with van der Waals surface area (Å²) in [6.45, 7) is 6.50. The Bertz CT molecular complexity index is 850. The molecule has 2 heterocycles. The molecule has 0 saturated carbocycles. The Hall–Kier alpha value is -2.19. The summed E-state index contributed by atoms with van der Waals surface area (Å²) in [7, 11) is 0. The molecule has 0 amide bonds. The number of benzene rings is 1. The van der Waals surface area contributed by atoms with Gasteiger partial charge in [-0.15, -0.1) is 0 Å². The monoisotopic (exact) mass is 324 g/mol. The van der Waals surface area contributed by atoms with E-state index in [4.69, 9.17) is 0 Å². The van der Waals surface area contributed by atoms with E-state index in [1.807, 2.05) is 12.1 Å². The minimum absolute atomic E-state index is 0.523. The number of nitrogens with zero attached hydrogens (tertiary/aromatic N) is 4. The van der Waals surface area contributed by atoms with Gasteiger partial charge in [-0.05, 0) is 17.9 Å². The zero-order valence-electron chi connectivity index (χ0n) is 13.7. The van der Waals surface area contributed by atoms with Crippen molar-refractivity contribution in [3.63, 3.8) is 0 Å². The maximum absolute atomic E-state index is 9.55. The molecule has 1 aromatic carbocycles. The lowest BCUT2D eigenvalue weighted by molar-refractivity contribution is 0.636. The normalized spacial score (nSPS) is 11.3. The molecule has 0 bridgehead atoms. The molecule has 0 spiro atoms. The van der Waals surface area contributed by atoms with E-state index < -0.39 is 0 Å². The summed E-state index contributed by atoms with van der Waals surface area (Å²) in [5.41, 5.74) is 3.54. The van der Waals surface area contributed by atoms with E-state index in [-0.39, 0.29) is 0 Å². The number of rotatable bonds is 5. The van der Waals surface area contributed by atoms with Crippen LogP contribution in [0.25, 0.3) is 16.2 Å². The molecule has 0 saturated heterocycles. The first-order valence-electron chi connectivity index (χ1n) is 8.00. The highest BCUT2D eigenvalue weighted by Crippen LogP contribution is 2.27. The summed E-state index contributed by atoms with van der Waals surface area (Å²) in [4.78, 5) is 5.45. The standard InChI is InChI=1S/C18H20N4S/c1-4-5-13-6-8-14(9-7-13)17-15(11-19)22-18(20-17)23-16(21-22)10-12(2)3/h6-9,12H,4-5,10H2,1-3H3. The average Bonchev–Trinajstić information content (AvgIpc) is 3.04. The molecule has 5 heteroatoms. The Morgan fingerprint density at radius 1 is 1.26 bits per heavy atom. The first-order chi connectivity index (χ1) is 11.1. The van der Waals surface area contributed by atoms with Crippen molar-refractivity contribution >= 4 is 16.3 Å². The minimum atomic E-state index is 0.523. The number of fused-ring (bicyclic) bond motifs is 1. The number of hydrogen-bond donors (Lipinski definition) is 0. The third-order valence-electron chi connectivity index (χ3n) is 3.70. The first-order valence-corrected chi connectivity index (χ1v) is 8.81. The summed E-state index contributed by atoms with van der Waals surface area (Å²) in [5, 5.41) is 15.1. The number of aromatic nitrogens is 3.